The number of hydrogen-bond donors (Lipinski definition) is 1. The highest BCUT2D eigenvalue weighted by Crippen LogP contribution is 2.11. The van der Waals surface area contributed by atoms with Crippen molar-refractivity contribution in [1.82, 2.24) is 14.9 Å². The average molecular weight is 264 g/mol. The Hall–Kier alpha value is -1.82. The van der Waals surface area contributed by atoms with E-state index in [0.29, 0.717) is 4.77 Å². The van der Waals surface area contributed by atoms with Gasteiger partial charge in [-0.2, -0.15) is 14.9 Å². The zero-order valence-corrected chi connectivity index (χ0v) is 10.9. The molecule has 94 valence electrons. The Morgan fingerprint density at radius 1 is 1.39 bits per heavy atom. The highest BCUT2D eigenvalue weighted by molar-refractivity contribution is 7.71. The first-order valence-corrected chi connectivity index (χ1v) is 5.96. The lowest BCUT2D eigenvalue weighted by Crippen LogP contribution is -2.00. The minimum Gasteiger partial charge on any atom is -0.250 e. The largest absolute Gasteiger partial charge is 0.250 e. The number of aromatic amines is 1. The second-order valence-corrected chi connectivity index (χ2v) is 4.54. The molecule has 4 nitrogen and oxygen atoms in total. The van der Waals surface area contributed by atoms with Crippen molar-refractivity contribution in [2.75, 3.05) is 0 Å². The predicted molar refractivity (Wildman–Crippen MR) is 70.9 cm³/mol. The van der Waals surface area contributed by atoms with Gasteiger partial charge < -0.3 is 0 Å². The summed E-state index contributed by atoms with van der Waals surface area (Å²) >= 11 is 5.10. The van der Waals surface area contributed by atoms with Crippen LogP contribution >= 0.6 is 12.2 Å². The fourth-order valence-corrected chi connectivity index (χ4v) is 1.65. The summed E-state index contributed by atoms with van der Waals surface area (Å²) in [5.41, 5.74) is 0.800. The van der Waals surface area contributed by atoms with Crippen molar-refractivity contribution in [2.24, 2.45) is 5.10 Å². The summed E-state index contributed by atoms with van der Waals surface area (Å²) in [6.07, 6.45) is 1.62. The summed E-state index contributed by atoms with van der Waals surface area (Å²) in [6.45, 7) is 4.02. The smallest absolute Gasteiger partial charge is 0.216 e. The molecule has 0 fully saturated rings. The van der Waals surface area contributed by atoms with Crippen LogP contribution in [0.25, 0.3) is 0 Å². The minimum atomic E-state index is -0.269. The third-order valence-electron chi connectivity index (χ3n) is 2.38. The lowest BCUT2D eigenvalue weighted by Gasteiger charge is -2.02. The monoisotopic (exact) mass is 264 g/mol. The van der Waals surface area contributed by atoms with Gasteiger partial charge in [0.05, 0.1) is 6.21 Å². The number of benzene rings is 1. The zero-order valence-electron chi connectivity index (χ0n) is 10.1. The minimum absolute atomic E-state index is 0.211. The standard InChI is InChI=1S/C12H13FN4S/c1-8(2)11-15-16-12(18)17(11)14-7-9-3-5-10(13)6-4-9/h3-8H,1-2H3,(H,16,18)/b14-7-. The van der Waals surface area contributed by atoms with Crippen molar-refractivity contribution < 1.29 is 4.39 Å². The second-order valence-electron chi connectivity index (χ2n) is 4.15. The van der Waals surface area contributed by atoms with Crippen molar-refractivity contribution in [3.05, 3.63) is 46.2 Å². The van der Waals surface area contributed by atoms with E-state index in [1.54, 1.807) is 23.0 Å². The lowest BCUT2D eigenvalue weighted by atomic mass is 10.2. The molecule has 0 spiro atoms. The van der Waals surface area contributed by atoms with Gasteiger partial charge in [0, 0.05) is 5.92 Å². The molecule has 1 aromatic heterocycles. The van der Waals surface area contributed by atoms with E-state index >= 15 is 0 Å². The maximum atomic E-state index is 12.8. The SMILES string of the molecule is CC(C)c1n[nH]c(=S)n1/N=C\c1ccc(F)cc1. The third-order valence-corrected chi connectivity index (χ3v) is 2.65. The molecule has 2 aromatic rings. The Labute approximate surface area is 109 Å². The van der Waals surface area contributed by atoms with Crippen molar-refractivity contribution >= 4 is 18.4 Å². The molecule has 0 aliphatic carbocycles. The van der Waals surface area contributed by atoms with E-state index in [-0.39, 0.29) is 11.7 Å². The highest BCUT2D eigenvalue weighted by atomic mass is 32.1. The Morgan fingerprint density at radius 2 is 2.06 bits per heavy atom. The highest BCUT2D eigenvalue weighted by Gasteiger charge is 2.08. The van der Waals surface area contributed by atoms with E-state index in [4.69, 9.17) is 12.2 Å². The molecule has 0 aliphatic rings. The molecule has 0 amide bonds. The fourth-order valence-electron chi connectivity index (χ4n) is 1.46. The molecule has 0 saturated heterocycles. The topological polar surface area (TPSA) is 46.0 Å². The molecule has 0 unspecified atom stereocenters. The van der Waals surface area contributed by atoms with Crippen LogP contribution in [0, 0.1) is 10.6 Å². The molecule has 1 heterocycles. The zero-order chi connectivity index (χ0) is 13.1. The van der Waals surface area contributed by atoms with Crippen molar-refractivity contribution in [3.8, 4) is 0 Å². The van der Waals surface area contributed by atoms with Crippen LogP contribution in [0.3, 0.4) is 0 Å². The van der Waals surface area contributed by atoms with Crippen LogP contribution in [0.5, 0.6) is 0 Å². The van der Waals surface area contributed by atoms with Gasteiger partial charge in [-0.3, -0.25) is 5.10 Å². The quantitative estimate of drug-likeness (QED) is 0.684. The van der Waals surface area contributed by atoms with Crippen LogP contribution in [0.15, 0.2) is 29.4 Å². The van der Waals surface area contributed by atoms with E-state index in [9.17, 15) is 4.39 Å². The van der Waals surface area contributed by atoms with Gasteiger partial charge in [-0.25, -0.2) is 4.39 Å². The molecule has 6 heteroatoms. The van der Waals surface area contributed by atoms with Gasteiger partial charge in [-0.15, -0.1) is 0 Å². The van der Waals surface area contributed by atoms with Gasteiger partial charge >= 0.3 is 0 Å². The van der Waals surface area contributed by atoms with Gasteiger partial charge in [0.15, 0.2) is 5.82 Å². The van der Waals surface area contributed by atoms with Crippen molar-refractivity contribution in [3.63, 3.8) is 0 Å². The number of H-pyrrole nitrogens is 1. The average Bonchev–Trinajstić information content (AvgIpc) is 2.70. The number of nitrogens with zero attached hydrogens (tertiary/aromatic N) is 3. The summed E-state index contributed by atoms with van der Waals surface area (Å²) in [5.74, 6) is 0.705. The van der Waals surface area contributed by atoms with Crippen molar-refractivity contribution in [1.29, 1.82) is 0 Å². The Bertz CT molecular complexity index is 610. The van der Waals surface area contributed by atoms with Crippen LogP contribution in [0.4, 0.5) is 4.39 Å². The number of nitrogens with one attached hydrogen (secondary N) is 1. The van der Waals surface area contributed by atoms with Gasteiger partial charge in [-0.1, -0.05) is 26.0 Å². The molecular formula is C12H13FN4S. The molecule has 0 aliphatic heterocycles. The predicted octanol–water partition coefficient (Wildman–Crippen LogP) is 3.09. The lowest BCUT2D eigenvalue weighted by molar-refractivity contribution is 0.628. The van der Waals surface area contributed by atoms with Crippen LogP contribution < -0.4 is 0 Å². The van der Waals surface area contributed by atoms with Crippen LogP contribution in [0.1, 0.15) is 31.2 Å². The summed E-state index contributed by atoms with van der Waals surface area (Å²) < 4.78 is 14.8. The van der Waals surface area contributed by atoms with Gasteiger partial charge in [0.2, 0.25) is 4.77 Å². The summed E-state index contributed by atoms with van der Waals surface area (Å²) in [6, 6.07) is 6.08. The molecule has 0 atom stereocenters. The van der Waals surface area contributed by atoms with E-state index in [0.717, 1.165) is 11.4 Å². The van der Waals surface area contributed by atoms with Gasteiger partial charge in [-0.05, 0) is 29.9 Å². The summed E-state index contributed by atoms with van der Waals surface area (Å²) in [5, 5.41) is 11.1. The van der Waals surface area contributed by atoms with E-state index in [2.05, 4.69) is 15.3 Å². The van der Waals surface area contributed by atoms with E-state index < -0.39 is 0 Å². The molecule has 0 bridgehead atoms. The molecule has 1 N–H and O–H groups in total. The maximum absolute atomic E-state index is 12.8. The summed E-state index contributed by atoms with van der Waals surface area (Å²) in [4.78, 5) is 0. The fraction of sp³-hybridized carbons (Fsp3) is 0.250. The number of halogens is 1. The molecule has 0 saturated carbocycles. The first kappa shape index (κ1) is 12.6. The molecule has 18 heavy (non-hydrogen) atoms. The Kier molecular flexibility index (Phi) is 3.66. The van der Waals surface area contributed by atoms with Crippen LogP contribution in [0.2, 0.25) is 0 Å². The van der Waals surface area contributed by atoms with Gasteiger partial charge in [0.1, 0.15) is 5.82 Å². The normalized spacial score (nSPS) is 11.6. The second kappa shape index (κ2) is 5.22. The number of rotatable bonds is 3. The first-order chi connectivity index (χ1) is 8.58. The third kappa shape index (κ3) is 2.70. The molecule has 1 aromatic carbocycles. The maximum Gasteiger partial charge on any atom is 0.216 e. The van der Waals surface area contributed by atoms with Crippen LogP contribution in [-0.2, 0) is 0 Å². The van der Waals surface area contributed by atoms with E-state index in [1.807, 2.05) is 13.8 Å². The van der Waals surface area contributed by atoms with Crippen LogP contribution in [-0.4, -0.2) is 21.1 Å². The molecular weight excluding hydrogens is 251 g/mol. The Morgan fingerprint density at radius 3 is 2.67 bits per heavy atom. The first-order valence-electron chi connectivity index (χ1n) is 5.55. The number of hydrogen-bond acceptors (Lipinski definition) is 3. The number of aromatic nitrogens is 3. The Balaban J connectivity index is 2.31. The van der Waals surface area contributed by atoms with Crippen molar-refractivity contribution in [2.45, 2.75) is 19.8 Å². The van der Waals surface area contributed by atoms with Gasteiger partial charge in [0.25, 0.3) is 0 Å². The molecule has 0 radical (unpaired) electrons. The molecule has 2 rings (SSSR count). The van der Waals surface area contributed by atoms with E-state index in [1.165, 1.54) is 12.1 Å². The summed E-state index contributed by atoms with van der Waals surface area (Å²) in [7, 11) is 0.